The van der Waals surface area contributed by atoms with Crippen LogP contribution < -0.4 is 11.1 Å². The molecule has 0 radical (unpaired) electrons. The molecule has 1 aromatic rings. The normalized spacial score (nSPS) is 11.5. The number of amides is 2. The summed E-state index contributed by atoms with van der Waals surface area (Å²) in [6, 6.07) is 7.29. The van der Waals surface area contributed by atoms with Crippen molar-refractivity contribution in [3.8, 4) is 0 Å². The maximum absolute atomic E-state index is 12.5. The van der Waals surface area contributed by atoms with E-state index in [2.05, 4.69) is 5.32 Å². The number of hydrogen-bond donors (Lipinski definition) is 3. The standard InChI is InChI=1S/C19H30N4O4/c1-18(2,3)26-16(24)22-15(21)23(17(25)27-19(4,5)6)12-14-9-7-13(11-20)8-10-14/h7-10H,11-12,20H2,1-6H3,(H2,21,22,24). The predicted octanol–water partition coefficient (Wildman–Crippen LogP) is 3.34. The number of nitrogens with two attached hydrogens (primary N) is 1. The number of benzene rings is 1. The second-order valence-corrected chi connectivity index (χ2v) is 8.06. The van der Waals surface area contributed by atoms with Gasteiger partial charge in [-0.25, -0.2) is 14.5 Å². The summed E-state index contributed by atoms with van der Waals surface area (Å²) >= 11 is 0. The van der Waals surface area contributed by atoms with Crippen molar-refractivity contribution in [2.24, 2.45) is 5.73 Å². The largest absolute Gasteiger partial charge is 0.444 e. The van der Waals surface area contributed by atoms with E-state index in [1.165, 1.54) is 0 Å². The second kappa shape index (κ2) is 8.85. The van der Waals surface area contributed by atoms with Gasteiger partial charge in [0.25, 0.3) is 0 Å². The van der Waals surface area contributed by atoms with Crippen molar-refractivity contribution in [2.75, 3.05) is 0 Å². The Morgan fingerprint density at radius 2 is 1.48 bits per heavy atom. The van der Waals surface area contributed by atoms with Crippen LogP contribution in [0, 0.1) is 5.41 Å². The highest BCUT2D eigenvalue weighted by Gasteiger charge is 2.27. The van der Waals surface area contributed by atoms with Gasteiger partial charge in [0.05, 0.1) is 6.54 Å². The van der Waals surface area contributed by atoms with E-state index in [4.69, 9.17) is 20.6 Å². The van der Waals surface area contributed by atoms with Crippen molar-refractivity contribution < 1.29 is 19.1 Å². The van der Waals surface area contributed by atoms with Crippen LogP contribution in [0.1, 0.15) is 52.7 Å². The fraction of sp³-hybridized carbons (Fsp3) is 0.526. The Morgan fingerprint density at radius 3 is 1.93 bits per heavy atom. The lowest BCUT2D eigenvalue weighted by Crippen LogP contribution is -2.49. The highest BCUT2D eigenvalue weighted by molar-refractivity contribution is 5.99. The van der Waals surface area contributed by atoms with Gasteiger partial charge in [-0.3, -0.25) is 10.7 Å². The highest BCUT2D eigenvalue weighted by Crippen LogP contribution is 2.14. The van der Waals surface area contributed by atoms with Crippen LogP contribution in [0.5, 0.6) is 0 Å². The third kappa shape index (κ3) is 8.54. The first-order valence-corrected chi connectivity index (χ1v) is 8.67. The van der Waals surface area contributed by atoms with Crippen LogP contribution in [-0.2, 0) is 22.6 Å². The molecule has 0 atom stereocenters. The van der Waals surface area contributed by atoms with Gasteiger partial charge in [-0.1, -0.05) is 24.3 Å². The molecule has 0 saturated heterocycles. The fourth-order valence-electron chi connectivity index (χ4n) is 1.98. The van der Waals surface area contributed by atoms with Gasteiger partial charge < -0.3 is 15.2 Å². The monoisotopic (exact) mass is 378 g/mol. The van der Waals surface area contributed by atoms with E-state index in [0.29, 0.717) is 6.54 Å². The lowest BCUT2D eigenvalue weighted by atomic mass is 10.1. The Kier molecular flexibility index (Phi) is 7.36. The van der Waals surface area contributed by atoms with Crippen LogP contribution in [0.3, 0.4) is 0 Å². The Bertz CT molecular complexity index is 672. The summed E-state index contributed by atoms with van der Waals surface area (Å²) in [4.78, 5) is 25.5. The summed E-state index contributed by atoms with van der Waals surface area (Å²) < 4.78 is 10.5. The molecule has 0 spiro atoms. The van der Waals surface area contributed by atoms with E-state index in [-0.39, 0.29) is 6.54 Å². The molecule has 0 aliphatic rings. The molecule has 8 nitrogen and oxygen atoms in total. The molecule has 0 aliphatic heterocycles. The van der Waals surface area contributed by atoms with Crippen LogP contribution >= 0.6 is 0 Å². The van der Waals surface area contributed by atoms with Crippen LogP contribution in [0.2, 0.25) is 0 Å². The highest BCUT2D eigenvalue weighted by atomic mass is 16.6. The molecule has 8 heteroatoms. The minimum Gasteiger partial charge on any atom is -0.444 e. The van der Waals surface area contributed by atoms with Crippen molar-refractivity contribution in [1.82, 2.24) is 10.2 Å². The van der Waals surface area contributed by atoms with Crippen molar-refractivity contribution in [1.29, 1.82) is 5.41 Å². The molecule has 0 fully saturated rings. The molecule has 0 bridgehead atoms. The Balaban J connectivity index is 2.96. The number of carbonyl (C=O) groups is 2. The summed E-state index contributed by atoms with van der Waals surface area (Å²) in [5, 5.41) is 10.4. The average molecular weight is 378 g/mol. The number of rotatable bonds is 3. The third-order valence-electron chi connectivity index (χ3n) is 3.10. The molecule has 0 heterocycles. The van der Waals surface area contributed by atoms with Crippen LogP contribution in [0.4, 0.5) is 9.59 Å². The fourth-order valence-corrected chi connectivity index (χ4v) is 1.98. The van der Waals surface area contributed by atoms with E-state index in [0.717, 1.165) is 16.0 Å². The van der Waals surface area contributed by atoms with Gasteiger partial charge in [0.15, 0.2) is 0 Å². The Morgan fingerprint density at radius 1 is 1.00 bits per heavy atom. The maximum Gasteiger partial charge on any atom is 0.417 e. The van der Waals surface area contributed by atoms with Gasteiger partial charge in [-0.2, -0.15) is 0 Å². The van der Waals surface area contributed by atoms with Gasteiger partial charge in [0.2, 0.25) is 5.96 Å². The molecule has 27 heavy (non-hydrogen) atoms. The molecule has 0 saturated carbocycles. The average Bonchev–Trinajstić information content (AvgIpc) is 2.49. The van der Waals surface area contributed by atoms with E-state index < -0.39 is 29.3 Å². The molecule has 0 aromatic heterocycles. The van der Waals surface area contributed by atoms with Crippen LogP contribution in [-0.4, -0.2) is 34.2 Å². The van der Waals surface area contributed by atoms with E-state index >= 15 is 0 Å². The molecular weight excluding hydrogens is 348 g/mol. The third-order valence-corrected chi connectivity index (χ3v) is 3.10. The van der Waals surface area contributed by atoms with Gasteiger partial charge in [-0.05, 0) is 52.7 Å². The van der Waals surface area contributed by atoms with Crippen molar-refractivity contribution in [2.45, 2.75) is 65.8 Å². The molecular formula is C19H30N4O4. The Labute approximate surface area is 160 Å². The zero-order valence-corrected chi connectivity index (χ0v) is 16.9. The second-order valence-electron chi connectivity index (χ2n) is 8.06. The maximum atomic E-state index is 12.5. The van der Waals surface area contributed by atoms with Gasteiger partial charge in [0.1, 0.15) is 11.2 Å². The molecule has 0 unspecified atom stereocenters. The minimum absolute atomic E-state index is 0.0500. The summed E-state index contributed by atoms with van der Waals surface area (Å²) in [6.07, 6.45) is -1.56. The lowest BCUT2D eigenvalue weighted by molar-refractivity contribution is 0.0346. The van der Waals surface area contributed by atoms with Gasteiger partial charge in [0, 0.05) is 6.54 Å². The number of nitrogens with one attached hydrogen (secondary N) is 2. The quantitative estimate of drug-likeness (QED) is 0.551. The number of hydrogen-bond acceptors (Lipinski definition) is 6. The SMILES string of the molecule is CC(C)(C)OC(=O)NC(=N)N(Cc1ccc(CN)cc1)C(=O)OC(C)(C)C. The van der Waals surface area contributed by atoms with Crippen LogP contribution in [0.15, 0.2) is 24.3 Å². The van der Waals surface area contributed by atoms with Crippen molar-refractivity contribution >= 4 is 18.1 Å². The number of nitrogens with zero attached hydrogens (tertiary/aromatic N) is 1. The molecule has 2 amide bonds. The zero-order chi connectivity index (χ0) is 20.8. The first-order valence-electron chi connectivity index (χ1n) is 8.67. The van der Waals surface area contributed by atoms with E-state index in [1.54, 1.807) is 53.7 Å². The topological polar surface area (TPSA) is 118 Å². The summed E-state index contributed by atoms with van der Waals surface area (Å²) in [5.74, 6) is -0.429. The molecule has 1 aromatic carbocycles. The smallest absolute Gasteiger partial charge is 0.417 e. The number of carbonyl (C=O) groups excluding carboxylic acids is 2. The first-order chi connectivity index (χ1) is 12.3. The first kappa shape index (κ1) is 22.4. The van der Waals surface area contributed by atoms with E-state index in [1.807, 2.05) is 12.1 Å². The lowest BCUT2D eigenvalue weighted by Gasteiger charge is -2.28. The molecule has 0 aliphatic carbocycles. The minimum atomic E-state index is -0.820. The number of alkyl carbamates (subject to hydrolysis) is 1. The van der Waals surface area contributed by atoms with Crippen molar-refractivity contribution in [3.05, 3.63) is 35.4 Å². The molecule has 1 rings (SSSR count). The summed E-state index contributed by atoms with van der Waals surface area (Å²) in [7, 11) is 0. The van der Waals surface area contributed by atoms with Crippen molar-refractivity contribution in [3.63, 3.8) is 0 Å². The predicted molar refractivity (Wildman–Crippen MR) is 103 cm³/mol. The number of ether oxygens (including phenoxy) is 2. The van der Waals surface area contributed by atoms with Gasteiger partial charge >= 0.3 is 12.2 Å². The van der Waals surface area contributed by atoms with E-state index in [9.17, 15) is 9.59 Å². The molecule has 4 N–H and O–H groups in total. The van der Waals surface area contributed by atoms with Gasteiger partial charge in [-0.15, -0.1) is 0 Å². The Hall–Kier alpha value is -2.61. The summed E-state index contributed by atoms with van der Waals surface area (Å²) in [5.41, 5.74) is 5.83. The molecule has 150 valence electrons. The number of guanidine groups is 1. The zero-order valence-electron chi connectivity index (χ0n) is 16.9. The summed E-state index contributed by atoms with van der Waals surface area (Å²) in [6.45, 7) is 10.8. The van der Waals surface area contributed by atoms with Crippen LogP contribution in [0.25, 0.3) is 0 Å².